The smallest absolute Gasteiger partial charge is 0.413 e. The molecule has 1 aliphatic rings. The summed E-state index contributed by atoms with van der Waals surface area (Å²) < 4.78 is 11.0. The van der Waals surface area contributed by atoms with Gasteiger partial charge in [0.25, 0.3) is 0 Å². The standard InChI is InChI=1S/C24H35ClN4O4/c1-14(2)22(29-23(31)33-24(4,5)6)28-19(30)13-16-17(25)10-11-18(21(16)15(3)26)27-20-9-7-8-12-32-20/h10-11,20,26-27H,7-9,12-13H2,1-6H3,(H,28,30)(H,29,31). The molecule has 9 heteroatoms. The number of ether oxygens (including phenoxy) is 2. The molecule has 1 aliphatic heterocycles. The molecule has 4 N–H and O–H groups in total. The van der Waals surface area contributed by atoms with Crippen molar-refractivity contribution >= 4 is 35.0 Å². The molecule has 33 heavy (non-hydrogen) atoms. The molecule has 0 bridgehead atoms. The Balaban J connectivity index is 2.21. The summed E-state index contributed by atoms with van der Waals surface area (Å²) in [6, 6.07) is 3.52. The number of alkyl carbamates (subject to hydrolysis) is 1. The fourth-order valence-corrected chi connectivity index (χ4v) is 3.63. The maximum Gasteiger partial charge on any atom is 0.413 e. The lowest BCUT2D eigenvalue weighted by atomic mass is 9.98. The lowest BCUT2D eigenvalue weighted by Crippen LogP contribution is -2.39. The average molecular weight is 479 g/mol. The van der Waals surface area contributed by atoms with Gasteiger partial charge in [0.15, 0.2) is 0 Å². The Bertz CT molecular complexity index is 927. The highest BCUT2D eigenvalue weighted by atomic mass is 35.5. The van der Waals surface area contributed by atoms with E-state index in [2.05, 4.69) is 16.0 Å². The zero-order valence-corrected chi connectivity index (χ0v) is 21.0. The van der Waals surface area contributed by atoms with Gasteiger partial charge in [-0.25, -0.2) is 4.79 Å². The molecule has 2 rings (SSSR count). The van der Waals surface area contributed by atoms with Crippen molar-refractivity contribution in [2.24, 2.45) is 0 Å². The van der Waals surface area contributed by atoms with Crippen LogP contribution < -0.4 is 16.0 Å². The van der Waals surface area contributed by atoms with Crippen LogP contribution in [0.5, 0.6) is 0 Å². The largest absolute Gasteiger partial charge is 0.444 e. The van der Waals surface area contributed by atoms with Gasteiger partial charge in [-0.3, -0.25) is 10.1 Å². The third kappa shape index (κ3) is 8.37. The Kier molecular flexibility index (Phi) is 9.31. The number of carbonyl (C=O) groups excluding carboxylic acids is 2. The van der Waals surface area contributed by atoms with Crippen molar-refractivity contribution in [3.05, 3.63) is 39.7 Å². The van der Waals surface area contributed by atoms with Crippen LogP contribution in [0.2, 0.25) is 5.02 Å². The second-order valence-electron chi connectivity index (χ2n) is 9.30. The second-order valence-corrected chi connectivity index (χ2v) is 9.71. The first-order valence-corrected chi connectivity index (χ1v) is 11.5. The molecular formula is C24H35ClN4O4. The quantitative estimate of drug-likeness (QED) is 0.407. The lowest BCUT2D eigenvalue weighted by molar-refractivity contribution is -0.119. The van der Waals surface area contributed by atoms with Crippen molar-refractivity contribution in [2.45, 2.75) is 79.1 Å². The number of amides is 2. The van der Waals surface area contributed by atoms with E-state index in [4.69, 9.17) is 26.5 Å². The van der Waals surface area contributed by atoms with E-state index in [1.165, 1.54) is 0 Å². The van der Waals surface area contributed by atoms with Gasteiger partial charge in [0.2, 0.25) is 5.91 Å². The van der Waals surface area contributed by atoms with E-state index in [-0.39, 0.29) is 30.1 Å². The maximum atomic E-state index is 12.9. The fourth-order valence-electron chi connectivity index (χ4n) is 3.40. The van der Waals surface area contributed by atoms with E-state index < -0.39 is 11.7 Å². The number of allylic oxidation sites excluding steroid dienone is 1. The third-order valence-corrected chi connectivity index (χ3v) is 5.21. The van der Waals surface area contributed by atoms with Crippen LogP contribution in [0.1, 0.15) is 71.9 Å². The second kappa shape index (κ2) is 11.5. The van der Waals surface area contributed by atoms with Crippen molar-refractivity contribution in [1.29, 1.82) is 5.41 Å². The van der Waals surface area contributed by atoms with Crippen LogP contribution >= 0.6 is 11.6 Å². The van der Waals surface area contributed by atoms with E-state index in [1.54, 1.807) is 53.7 Å². The van der Waals surface area contributed by atoms with Gasteiger partial charge in [0.1, 0.15) is 17.6 Å². The molecular weight excluding hydrogens is 444 g/mol. The molecule has 1 unspecified atom stereocenters. The number of halogens is 1. The molecule has 0 saturated carbocycles. The molecule has 0 aromatic heterocycles. The summed E-state index contributed by atoms with van der Waals surface area (Å²) in [4.78, 5) is 25.1. The van der Waals surface area contributed by atoms with Gasteiger partial charge in [-0.15, -0.1) is 0 Å². The maximum absolute atomic E-state index is 12.9. The Morgan fingerprint density at radius 1 is 1.18 bits per heavy atom. The fraction of sp³-hybridized carbons (Fsp3) is 0.542. The van der Waals surface area contributed by atoms with Crippen molar-refractivity contribution in [3.8, 4) is 0 Å². The van der Waals surface area contributed by atoms with E-state index in [1.807, 2.05) is 0 Å². The van der Waals surface area contributed by atoms with Crippen LogP contribution in [-0.2, 0) is 20.7 Å². The topological polar surface area (TPSA) is 113 Å². The van der Waals surface area contributed by atoms with Gasteiger partial charge < -0.3 is 25.5 Å². The number of benzene rings is 1. The molecule has 1 saturated heterocycles. The molecule has 1 atom stereocenters. The van der Waals surface area contributed by atoms with Crippen LogP contribution in [-0.4, -0.2) is 36.1 Å². The molecule has 2 amide bonds. The Morgan fingerprint density at radius 3 is 2.42 bits per heavy atom. The van der Waals surface area contributed by atoms with Crippen molar-refractivity contribution in [2.75, 3.05) is 11.9 Å². The van der Waals surface area contributed by atoms with Gasteiger partial charge >= 0.3 is 6.09 Å². The molecule has 182 valence electrons. The number of rotatable bonds is 7. The minimum atomic E-state index is -0.666. The zero-order chi connectivity index (χ0) is 24.8. The van der Waals surface area contributed by atoms with E-state index >= 15 is 0 Å². The Hall–Kier alpha value is -2.58. The van der Waals surface area contributed by atoms with Crippen LogP contribution in [0.15, 0.2) is 23.5 Å². The minimum Gasteiger partial charge on any atom is -0.444 e. The van der Waals surface area contributed by atoms with Gasteiger partial charge in [-0.05, 0) is 84.1 Å². The number of nitrogens with one attached hydrogen (secondary N) is 4. The lowest BCUT2D eigenvalue weighted by Gasteiger charge is -2.26. The van der Waals surface area contributed by atoms with E-state index in [0.29, 0.717) is 34.0 Å². The average Bonchev–Trinajstić information content (AvgIpc) is 2.69. The summed E-state index contributed by atoms with van der Waals surface area (Å²) in [6.07, 6.45) is 2.09. The summed E-state index contributed by atoms with van der Waals surface area (Å²) in [7, 11) is 0. The van der Waals surface area contributed by atoms with Gasteiger partial charge in [0, 0.05) is 28.6 Å². The number of hydrogen-bond acceptors (Lipinski definition) is 6. The Morgan fingerprint density at radius 2 is 1.88 bits per heavy atom. The first-order chi connectivity index (χ1) is 15.4. The predicted octanol–water partition coefficient (Wildman–Crippen LogP) is 5.10. The number of hydrogen-bond donors (Lipinski definition) is 4. The van der Waals surface area contributed by atoms with E-state index in [0.717, 1.165) is 19.3 Å². The predicted molar refractivity (Wildman–Crippen MR) is 131 cm³/mol. The molecule has 1 fully saturated rings. The first-order valence-electron chi connectivity index (χ1n) is 11.1. The van der Waals surface area contributed by atoms with Crippen molar-refractivity contribution < 1.29 is 19.1 Å². The normalized spacial score (nSPS) is 15.9. The molecule has 1 heterocycles. The molecule has 1 aromatic carbocycles. The summed E-state index contributed by atoms with van der Waals surface area (Å²) in [6.45, 7) is 11.2. The van der Waals surface area contributed by atoms with Crippen LogP contribution in [0.4, 0.5) is 10.5 Å². The number of carbonyl (C=O) groups is 2. The third-order valence-electron chi connectivity index (χ3n) is 4.85. The van der Waals surface area contributed by atoms with Gasteiger partial charge in [-0.1, -0.05) is 11.6 Å². The Labute approximate surface area is 200 Å². The molecule has 0 radical (unpaired) electrons. The van der Waals surface area contributed by atoms with E-state index in [9.17, 15) is 9.59 Å². The summed E-state index contributed by atoms with van der Waals surface area (Å²) in [5.41, 5.74) is 2.14. The van der Waals surface area contributed by atoms with Crippen LogP contribution in [0.3, 0.4) is 0 Å². The monoisotopic (exact) mass is 478 g/mol. The van der Waals surface area contributed by atoms with Crippen LogP contribution in [0.25, 0.3) is 0 Å². The highest BCUT2D eigenvalue weighted by Gasteiger charge is 2.22. The summed E-state index contributed by atoms with van der Waals surface area (Å²) in [5.74, 6) is -0.124. The molecule has 1 aromatic rings. The molecule has 0 aliphatic carbocycles. The SMILES string of the molecule is CC(=N)c1c(NC2CCCCO2)ccc(Cl)c1CC(=O)NC(NC(=O)OC(C)(C)C)=C(C)C. The summed E-state index contributed by atoms with van der Waals surface area (Å²) in [5, 5.41) is 17.4. The zero-order valence-electron chi connectivity index (χ0n) is 20.3. The van der Waals surface area contributed by atoms with Crippen molar-refractivity contribution in [1.82, 2.24) is 10.6 Å². The minimum absolute atomic E-state index is 0.0712. The van der Waals surface area contributed by atoms with Crippen molar-refractivity contribution in [3.63, 3.8) is 0 Å². The van der Waals surface area contributed by atoms with Crippen LogP contribution in [0, 0.1) is 5.41 Å². The molecule has 0 spiro atoms. The molecule has 8 nitrogen and oxygen atoms in total. The van der Waals surface area contributed by atoms with Gasteiger partial charge in [-0.2, -0.15) is 0 Å². The highest BCUT2D eigenvalue weighted by molar-refractivity contribution is 6.32. The summed E-state index contributed by atoms with van der Waals surface area (Å²) >= 11 is 6.45. The first kappa shape index (κ1) is 26.7. The highest BCUT2D eigenvalue weighted by Crippen LogP contribution is 2.30. The number of anilines is 1. The van der Waals surface area contributed by atoms with Gasteiger partial charge in [0.05, 0.1) is 6.42 Å².